The number of carbonyl (C=O) groups is 1. The van der Waals surface area contributed by atoms with Crippen LogP contribution >= 0.6 is 0 Å². The number of sulfone groups is 1. The Morgan fingerprint density at radius 1 is 1.15 bits per heavy atom. The van der Waals surface area contributed by atoms with Crippen molar-refractivity contribution < 1.29 is 17.9 Å². The molecule has 7 heteroatoms. The first-order chi connectivity index (χ1) is 12.9. The third-order valence-corrected chi connectivity index (χ3v) is 5.75. The first-order valence-corrected chi connectivity index (χ1v) is 10.9. The predicted molar refractivity (Wildman–Crippen MR) is 105 cm³/mol. The highest BCUT2D eigenvalue weighted by molar-refractivity contribution is 7.90. The molecule has 1 N–H and O–H groups in total. The Kier molecular flexibility index (Phi) is 5.70. The van der Waals surface area contributed by atoms with Gasteiger partial charge in [-0.1, -0.05) is 12.1 Å². The number of ether oxygens (including phenoxy) is 1. The number of anilines is 1. The van der Waals surface area contributed by atoms with Crippen LogP contribution in [0.15, 0.2) is 53.4 Å². The van der Waals surface area contributed by atoms with E-state index in [1.807, 2.05) is 36.1 Å². The van der Waals surface area contributed by atoms with Crippen LogP contribution < -0.4 is 10.1 Å². The fourth-order valence-electron chi connectivity index (χ4n) is 3.29. The maximum absolute atomic E-state index is 12.7. The minimum atomic E-state index is -3.25. The van der Waals surface area contributed by atoms with Crippen molar-refractivity contribution in [3.63, 3.8) is 0 Å². The summed E-state index contributed by atoms with van der Waals surface area (Å²) in [5.41, 5.74) is 1.66. The van der Waals surface area contributed by atoms with Crippen molar-refractivity contribution in [1.82, 2.24) is 4.90 Å². The van der Waals surface area contributed by atoms with E-state index < -0.39 is 9.84 Å². The van der Waals surface area contributed by atoms with Crippen molar-refractivity contribution in [3.05, 3.63) is 54.1 Å². The largest absolute Gasteiger partial charge is 0.494 e. The molecule has 1 aliphatic rings. The van der Waals surface area contributed by atoms with Crippen LogP contribution in [0.4, 0.5) is 10.5 Å². The van der Waals surface area contributed by atoms with Crippen LogP contribution in [0, 0.1) is 0 Å². The Bertz CT molecular complexity index is 893. The maximum Gasteiger partial charge on any atom is 0.322 e. The summed E-state index contributed by atoms with van der Waals surface area (Å²) in [7, 11) is -3.25. The van der Waals surface area contributed by atoms with Crippen molar-refractivity contribution in [2.45, 2.75) is 30.7 Å². The summed E-state index contributed by atoms with van der Waals surface area (Å²) in [5.74, 6) is 0.821. The van der Waals surface area contributed by atoms with Gasteiger partial charge in [-0.2, -0.15) is 0 Å². The number of rotatable bonds is 5. The minimum absolute atomic E-state index is 0.0240. The van der Waals surface area contributed by atoms with Gasteiger partial charge in [0, 0.05) is 18.5 Å². The molecule has 6 nitrogen and oxygen atoms in total. The lowest BCUT2D eigenvalue weighted by atomic mass is 10.0. The number of hydrogen-bond acceptors (Lipinski definition) is 4. The maximum atomic E-state index is 12.7. The Morgan fingerprint density at radius 3 is 2.41 bits per heavy atom. The molecule has 1 atom stereocenters. The summed E-state index contributed by atoms with van der Waals surface area (Å²) < 4.78 is 28.5. The number of nitrogens with one attached hydrogen (secondary N) is 1. The zero-order valence-corrected chi connectivity index (χ0v) is 16.3. The van der Waals surface area contributed by atoms with Crippen molar-refractivity contribution in [2.24, 2.45) is 0 Å². The van der Waals surface area contributed by atoms with Gasteiger partial charge in [0.1, 0.15) is 5.75 Å². The van der Waals surface area contributed by atoms with Crippen LogP contribution in [0.3, 0.4) is 0 Å². The van der Waals surface area contributed by atoms with Gasteiger partial charge in [0.05, 0.1) is 17.5 Å². The highest BCUT2D eigenvalue weighted by Crippen LogP contribution is 2.33. The SMILES string of the molecule is CCOc1ccc(C2CCCN2C(=O)Nc2ccc(S(C)(=O)=O)cc2)cc1. The lowest BCUT2D eigenvalue weighted by Gasteiger charge is -2.25. The van der Waals surface area contributed by atoms with Crippen LogP contribution in [-0.2, 0) is 9.84 Å². The van der Waals surface area contributed by atoms with Crippen LogP contribution in [0.25, 0.3) is 0 Å². The Hall–Kier alpha value is -2.54. The van der Waals surface area contributed by atoms with E-state index in [1.54, 1.807) is 12.1 Å². The Morgan fingerprint density at radius 2 is 1.81 bits per heavy atom. The molecule has 144 valence electrons. The van der Waals surface area contributed by atoms with E-state index in [1.165, 1.54) is 12.1 Å². The molecule has 0 aliphatic carbocycles. The van der Waals surface area contributed by atoms with Gasteiger partial charge in [-0.15, -0.1) is 0 Å². The standard InChI is InChI=1S/C20H24N2O4S/c1-3-26-17-10-6-15(7-11-17)19-5-4-14-22(19)20(23)21-16-8-12-18(13-9-16)27(2,24)25/h6-13,19H,3-5,14H2,1-2H3,(H,21,23). The molecule has 1 saturated heterocycles. The van der Waals surface area contributed by atoms with Gasteiger partial charge in [0.25, 0.3) is 0 Å². The number of benzene rings is 2. The molecule has 0 bridgehead atoms. The first kappa shape index (κ1) is 19.2. The van der Waals surface area contributed by atoms with Crippen molar-refractivity contribution >= 4 is 21.6 Å². The van der Waals surface area contributed by atoms with E-state index in [9.17, 15) is 13.2 Å². The zero-order chi connectivity index (χ0) is 19.4. The number of likely N-dealkylation sites (tertiary alicyclic amines) is 1. The Labute approximate surface area is 160 Å². The highest BCUT2D eigenvalue weighted by atomic mass is 32.2. The summed E-state index contributed by atoms with van der Waals surface area (Å²) in [4.78, 5) is 14.8. The molecule has 1 fully saturated rings. The molecule has 0 saturated carbocycles. The van der Waals surface area contributed by atoms with Gasteiger partial charge >= 0.3 is 6.03 Å². The smallest absolute Gasteiger partial charge is 0.322 e. The average molecular weight is 388 g/mol. The van der Waals surface area contributed by atoms with Crippen molar-refractivity contribution in [3.8, 4) is 5.75 Å². The lowest BCUT2D eigenvalue weighted by molar-refractivity contribution is 0.207. The molecule has 27 heavy (non-hydrogen) atoms. The summed E-state index contributed by atoms with van der Waals surface area (Å²) in [6.45, 7) is 3.25. The molecular formula is C20H24N2O4S. The van der Waals surface area contributed by atoms with E-state index in [0.29, 0.717) is 18.8 Å². The van der Waals surface area contributed by atoms with E-state index in [0.717, 1.165) is 30.4 Å². The normalized spacial score (nSPS) is 17.0. The highest BCUT2D eigenvalue weighted by Gasteiger charge is 2.30. The molecule has 3 rings (SSSR count). The summed E-state index contributed by atoms with van der Waals surface area (Å²) >= 11 is 0. The molecule has 0 aromatic heterocycles. The number of nitrogens with zero attached hydrogens (tertiary/aromatic N) is 1. The summed E-state index contributed by atoms with van der Waals surface area (Å²) in [6.07, 6.45) is 3.01. The van der Waals surface area contributed by atoms with Gasteiger partial charge in [-0.05, 0) is 61.7 Å². The van der Waals surface area contributed by atoms with Crippen LogP contribution in [0.2, 0.25) is 0 Å². The van der Waals surface area contributed by atoms with Crippen LogP contribution in [-0.4, -0.2) is 38.8 Å². The number of amides is 2. The van der Waals surface area contributed by atoms with Gasteiger partial charge < -0.3 is 15.0 Å². The monoisotopic (exact) mass is 388 g/mol. The predicted octanol–water partition coefficient (Wildman–Crippen LogP) is 3.86. The molecular weight excluding hydrogens is 364 g/mol. The fourth-order valence-corrected chi connectivity index (χ4v) is 3.92. The van der Waals surface area contributed by atoms with Gasteiger partial charge in [-0.3, -0.25) is 0 Å². The zero-order valence-electron chi connectivity index (χ0n) is 15.5. The molecule has 2 aromatic carbocycles. The van der Waals surface area contributed by atoms with Crippen molar-refractivity contribution in [1.29, 1.82) is 0 Å². The quantitative estimate of drug-likeness (QED) is 0.844. The topological polar surface area (TPSA) is 75.7 Å². The van der Waals surface area contributed by atoms with E-state index in [-0.39, 0.29) is 17.0 Å². The van der Waals surface area contributed by atoms with Crippen molar-refractivity contribution in [2.75, 3.05) is 24.7 Å². The second-order valence-corrected chi connectivity index (χ2v) is 8.60. The summed E-state index contributed by atoms with van der Waals surface area (Å²) in [5, 5.41) is 2.86. The minimum Gasteiger partial charge on any atom is -0.494 e. The third-order valence-electron chi connectivity index (χ3n) is 4.62. The van der Waals surface area contributed by atoms with E-state index in [2.05, 4.69) is 5.32 Å². The molecule has 2 aromatic rings. The number of urea groups is 1. The molecule has 0 radical (unpaired) electrons. The molecule has 1 unspecified atom stereocenters. The second-order valence-electron chi connectivity index (χ2n) is 6.58. The summed E-state index contributed by atoms with van der Waals surface area (Å²) in [6, 6.07) is 13.9. The van der Waals surface area contributed by atoms with Crippen LogP contribution in [0.1, 0.15) is 31.4 Å². The molecule has 0 spiro atoms. The molecule has 1 aliphatic heterocycles. The second kappa shape index (κ2) is 8.00. The fraction of sp³-hybridized carbons (Fsp3) is 0.350. The molecule has 2 amide bonds. The van der Waals surface area contributed by atoms with Gasteiger partial charge in [0.2, 0.25) is 0 Å². The first-order valence-electron chi connectivity index (χ1n) is 8.99. The third kappa shape index (κ3) is 4.60. The van der Waals surface area contributed by atoms with Gasteiger partial charge in [0.15, 0.2) is 9.84 Å². The van der Waals surface area contributed by atoms with E-state index in [4.69, 9.17) is 4.74 Å². The molecule has 1 heterocycles. The number of hydrogen-bond donors (Lipinski definition) is 1. The van der Waals surface area contributed by atoms with E-state index >= 15 is 0 Å². The van der Waals surface area contributed by atoms with Crippen LogP contribution in [0.5, 0.6) is 5.75 Å². The van der Waals surface area contributed by atoms with Gasteiger partial charge in [-0.25, -0.2) is 13.2 Å². The lowest BCUT2D eigenvalue weighted by Crippen LogP contribution is -2.34. The average Bonchev–Trinajstić information content (AvgIpc) is 3.12. The Balaban J connectivity index is 1.70. The number of carbonyl (C=O) groups excluding carboxylic acids is 1.